The maximum Gasteiger partial charge on any atom is 0.330 e. The quantitative estimate of drug-likeness (QED) is 0.515. The third-order valence-corrected chi connectivity index (χ3v) is 4.38. The fourth-order valence-electron chi connectivity index (χ4n) is 2.86. The van der Waals surface area contributed by atoms with Crippen molar-refractivity contribution in [3.8, 4) is 0 Å². The van der Waals surface area contributed by atoms with Crippen LogP contribution in [0.3, 0.4) is 0 Å². The Labute approximate surface area is 168 Å². The van der Waals surface area contributed by atoms with E-state index in [1.807, 2.05) is 60.7 Å². The van der Waals surface area contributed by atoms with Gasteiger partial charge in [0, 0.05) is 26.4 Å². The van der Waals surface area contributed by atoms with Crippen molar-refractivity contribution in [2.75, 3.05) is 5.01 Å². The van der Waals surface area contributed by atoms with E-state index in [9.17, 15) is 14.4 Å². The summed E-state index contributed by atoms with van der Waals surface area (Å²) in [7, 11) is 2.95. The van der Waals surface area contributed by atoms with E-state index in [1.165, 1.54) is 30.0 Å². The van der Waals surface area contributed by atoms with E-state index in [0.29, 0.717) is 6.54 Å². The minimum absolute atomic E-state index is 0.249. The van der Waals surface area contributed by atoms with Gasteiger partial charge in [0.05, 0.1) is 17.8 Å². The van der Waals surface area contributed by atoms with Gasteiger partial charge in [0.15, 0.2) is 0 Å². The summed E-state index contributed by atoms with van der Waals surface area (Å²) in [5, 5.41) is 1.74. The van der Waals surface area contributed by atoms with Gasteiger partial charge in [-0.05, 0) is 23.8 Å². The van der Waals surface area contributed by atoms with E-state index in [0.717, 1.165) is 15.8 Å². The molecule has 0 fully saturated rings. The standard InChI is InChI=1S/C22H22N4O3/c1-24-16-18(21(28)25(2)22(24)29)13-14-20(27)23-26(19-11-7-4-8-12-19)15-17-9-5-3-6-10-17/h3-14,16H,15H2,1-2H3,(H,23,27)/b14-13+. The van der Waals surface area contributed by atoms with Crippen LogP contribution in [0, 0.1) is 0 Å². The highest BCUT2D eigenvalue weighted by Crippen LogP contribution is 2.14. The largest absolute Gasteiger partial charge is 0.330 e. The van der Waals surface area contributed by atoms with Crippen LogP contribution in [0.15, 0.2) is 82.5 Å². The highest BCUT2D eigenvalue weighted by molar-refractivity contribution is 5.92. The molecular weight excluding hydrogens is 368 g/mol. The Morgan fingerprint density at radius 2 is 1.62 bits per heavy atom. The van der Waals surface area contributed by atoms with Crippen molar-refractivity contribution in [2.24, 2.45) is 14.1 Å². The van der Waals surface area contributed by atoms with Crippen molar-refractivity contribution in [3.05, 3.63) is 105 Å². The number of carbonyl (C=O) groups excluding carboxylic acids is 1. The second kappa shape index (κ2) is 8.88. The number of aromatic nitrogens is 2. The molecule has 0 saturated carbocycles. The number of hydrazine groups is 1. The van der Waals surface area contributed by atoms with Gasteiger partial charge in [-0.3, -0.25) is 24.6 Å². The summed E-state index contributed by atoms with van der Waals surface area (Å²) in [6.07, 6.45) is 4.10. The molecule has 1 N–H and O–H groups in total. The van der Waals surface area contributed by atoms with E-state index < -0.39 is 11.2 Å². The third kappa shape index (κ3) is 4.90. The Bertz CT molecular complexity index is 1130. The highest BCUT2D eigenvalue weighted by Gasteiger charge is 2.10. The molecule has 148 valence electrons. The molecule has 29 heavy (non-hydrogen) atoms. The zero-order valence-electron chi connectivity index (χ0n) is 16.3. The van der Waals surface area contributed by atoms with Gasteiger partial charge in [0.2, 0.25) is 0 Å². The molecule has 1 aromatic heterocycles. The number of hydrogen-bond acceptors (Lipinski definition) is 4. The summed E-state index contributed by atoms with van der Waals surface area (Å²) < 4.78 is 2.30. The average Bonchev–Trinajstić information content (AvgIpc) is 2.75. The number of nitrogens with zero attached hydrogens (tertiary/aromatic N) is 3. The Morgan fingerprint density at radius 3 is 2.28 bits per heavy atom. The van der Waals surface area contributed by atoms with Crippen LogP contribution in [0.5, 0.6) is 0 Å². The molecule has 3 rings (SSSR count). The molecule has 2 aromatic carbocycles. The smallest absolute Gasteiger partial charge is 0.303 e. The van der Waals surface area contributed by atoms with Gasteiger partial charge in [0.1, 0.15) is 0 Å². The van der Waals surface area contributed by atoms with Crippen LogP contribution in [0.4, 0.5) is 5.69 Å². The lowest BCUT2D eigenvalue weighted by Gasteiger charge is -2.25. The van der Waals surface area contributed by atoms with Crippen LogP contribution in [0.2, 0.25) is 0 Å². The number of aryl methyl sites for hydroxylation is 1. The van der Waals surface area contributed by atoms with Crippen molar-refractivity contribution in [1.82, 2.24) is 14.6 Å². The molecule has 7 nitrogen and oxygen atoms in total. The zero-order valence-corrected chi connectivity index (χ0v) is 16.3. The second-order valence-electron chi connectivity index (χ2n) is 6.56. The Morgan fingerprint density at radius 1 is 1.00 bits per heavy atom. The van der Waals surface area contributed by atoms with Gasteiger partial charge in [-0.2, -0.15) is 0 Å². The molecule has 3 aromatic rings. The fourth-order valence-corrected chi connectivity index (χ4v) is 2.86. The zero-order chi connectivity index (χ0) is 20.8. The third-order valence-electron chi connectivity index (χ3n) is 4.38. The molecule has 0 unspecified atom stereocenters. The number of para-hydroxylation sites is 1. The average molecular weight is 390 g/mol. The van der Waals surface area contributed by atoms with Crippen molar-refractivity contribution < 1.29 is 4.79 Å². The van der Waals surface area contributed by atoms with Crippen molar-refractivity contribution in [1.29, 1.82) is 0 Å². The number of amides is 1. The summed E-state index contributed by atoms with van der Waals surface area (Å²) in [5.74, 6) is -0.388. The van der Waals surface area contributed by atoms with Crippen molar-refractivity contribution in [3.63, 3.8) is 0 Å². The molecule has 1 heterocycles. The first-order valence-electron chi connectivity index (χ1n) is 9.07. The lowest BCUT2D eigenvalue weighted by atomic mass is 10.2. The summed E-state index contributed by atoms with van der Waals surface area (Å²) in [4.78, 5) is 36.5. The molecule has 0 aliphatic carbocycles. The maximum absolute atomic E-state index is 12.5. The number of carbonyl (C=O) groups is 1. The first kappa shape index (κ1) is 19.9. The van der Waals surface area contributed by atoms with Crippen LogP contribution in [-0.2, 0) is 25.4 Å². The van der Waals surface area contributed by atoms with Crippen LogP contribution in [0.1, 0.15) is 11.1 Å². The number of benzene rings is 2. The number of rotatable bonds is 6. The van der Waals surface area contributed by atoms with Crippen LogP contribution < -0.4 is 21.7 Å². The van der Waals surface area contributed by atoms with E-state index in [4.69, 9.17) is 0 Å². The maximum atomic E-state index is 12.5. The summed E-state index contributed by atoms with van der Waals surface area (Å²) in [5.41, 5.74) is 4.08. The van der Waals surface area contributed by atoms with Crippen molar-refractivity contribution in [2.45, 2.75) is 6.54 Å². The minimum atomic E-state index is -0.457. The lowest BCUT2D eigenvalue weighted by molar-refractivity contribution is -0.116. The summed E-state index contributed by atoms with van der Waals surface area (Å²) >= 11 is 0. The minimum Gasteiger partial charge on any atom is -0.303 e. The van der Waals surface area contributed by atoms with Crippen molar-refractivity contribution >= 4 is 17.7 Å². The SMILES string of the molecule is Cn1cc(/C=C/C(=O)NN(Cc2ccccc2)c2ccccc2)c(=O)n(C)c1=O. The molecule has 1 amide bonds. The monoisotopic (exact) mass is 390 g/mol. The molecule has 0 spiro atoms. The summed E-state index contributed by atoms with van der Waals surface area (Å²) in [6, 6.07) is 19.3. The number of anilines is 1. The van der Waals surface area contributed by atoms with Gasteiger partial charge >= 0.3 is 5.69 Å². The Hall–Kier alpha value is -3.87. The van der Waals surface area contributed by atoms with Gasteiger partial charge in [-0.25, -0.2) is 4.79 Å². The number of hydrogen-bond donors (Lipinski definition) is 1. The van der Waals surface area contributed by atoms with E-state index >= 15 is 0 Å². The second-order valence-corrected chi connectivity index (χ2v) is 6.56. The van der Waals surface area contributed by atoms with Gasteiger partial charge in [-0.15, -0.1) is 0 Å². The predicted octanol–water partition coefficient (Wildman–Crippen LogP) is 1.84. The first-order valence-corrected chi connectivity index (χ1v) is 9.07. The van der Waals surface area contributed by atoms with E-state index in [-0.39, 0.29) is 11.5 Å². The highest BCUT2D eigenvalue weighted by atomic mass is 16.2. The first-order chi connectivity index (χ1) is 14.0. The molecule has 0 bridgehead atoms. The number of nitrogens with one attached hydrogen (secondary N) is 1. The van der Waals surface area contributed by atoms with Crippen LogP contribution >= 0.6 is 0 Å². The molecule has 0 radical (unpaired) electrons. The topological polar surface area (TPSA) is 76.3 Å². The molecular formula is C22H22N4O3. The van der Waals surface area contributed by atoms with E-state index in [1.54, 1.807) is 12.1 Å². The molecule has 0 aliphatic heterocycles. The van der Waals surface area contributed by atoms with Crippen LogP contribution in [-0.4, -0.2) is 15.0 Å². The molecule has 0 saturated heterocycles. The van der Waals surface area contributed by atoms with E-state index in [2.05, 4.69) is 5.43 Å². The fraction of sp³-hybridized carbons (Fsp3) is 0.136. The Kier molecular flexibility index (Phi) is 6.09. The van der Waals surface area contributed by atoms with Gasteiger partial charge < -0.3 is 4.57 Å². The van der Waals surface area contributed by atoms with Gasteiger partial charge in [-0.1, -0.05) is 48.5 Å². The molecule has 7 heteroatoms. The normalized spacial score (nSPS) is 10.8. The molecule has 0 atom stereocenters. The van der Waals surface area contributed by atoms with Gasteiger partial charge in [0.25, 0.3) is 11.5 Å². The Balaban J connectivity index is 1.81. The lowest BCUT2D eigenvalue weighted by Crippen LogP contribution is -2.41. The summed E-state index contributed by atoms with van der Waals surface area (Å²) in [6.45, 7) is 0.478. The molecule has 0 aliphatic rings. The van der Waals surface area contributed by atoms with Crippen LogP contribution in [0.25, 0.3) is 6.08 Å². The predicted molar refractivity (Wildman–Crippen MR) is 113 cm³/mol.